The van der Waals surface area contributed by atoms with Crippen LogP contribution < -0.4 is 10.1 Å². The van der Waals surface area contributed by atoms with E-state index in [9.17, 15) is 0 Å². The van der Waals surface area contributed by atoms with Gasteiger partial charge in [-0.3, -0.25) is 0 Å². The van der Waals surface area contributed by atoms with Crippen molar-refractivity contribution in [1.29, 1.82) is 0 Å². The second-order valence-electron chi connectivity index (χ2n) is 6.98. The molecule has 1 fully saturated rings. The van der Waals surface area contributed by atoms with Crippen LogP contribution >= 0.6 is 0 Å². The van der Waals surface area contributed by atoms with Crippen molar-refractivity contribution in [2.75, 3.05) is 0 Å². The Hall–Kier alpha value is -1.09. The summed E-state index contributed by atoms with van der Waals surface area (Å²) in [6, 6.07) is 6.53. The highest BCUT2D eigenvalue weighted by molar-refractivity contribution is 5.16. The van der Waals surface area contributed by atoms with Gasteiger partial charge in [-0.2, -0.15) is 0 Å². The molecule has 1 N–H and O–H groups in total. The van der Waals surface area contributed by atoms with Crippen LogP contribution in [-0.2, 0) is 6.54 Å². The maximum absolute atomic E-state index is 6.06. The molecular formula is C17H28N2O. The van der Waals surface area contributed by atoms with Gasteiger partial charge in [0.05, 0.1) is 5.69 Å². The Kier molecular flexibility index (Phi) is 5.03. The number of hydrogen-bond donors (Lipinski definition) is 1. The Morgan fingerprint density at radius 2 is 2.00 bits per heavy atom. The summed E-state index contributed by atoms with van der Waals surface area (Å²) in [7, 11) is 0. The minimum atomic E-state index is 0.337. The molecular weight excluding hydrogens is 248 g/mol. The van der Waals surface area contributed by atoms with E-state index in [1.165, 1.54) is 12.8 Å². The molecule has 1 aromatic rings. The molecule has 112 valence electrons. The molecule has 1 heterocycles. The Labute approximate surface area is 123 Å². The van der Waals surface area contributed by atoms with Crippen LogP contribution in [0.5, 0.6) is 5.88 Å². The molecule has 0 aliphatic heterocycles. The summed E-state index contributed by atoms with van der Waals surface area (Å²) in [6.45, 7) is 9.78. The van der Waals surface area contributed by atoms with E-state index in [4.69, 9.17) is 4.74 Å². The van der Waals surface area contributed by atoms with Gasteiger partial charge in [-0.1, -0.05) is 33.8 Å². The van der Waals surface area contributed by atoms with Crippen molar-refractivity contribution >= 4 is 0 Å². The Bertz CT molecular complexity index is 419. The highest BCUT2D eigenvalue weighted by Crippen LogP contribution is 2.36. The lowest BCUT2D eigenvalue weighted by molar-refractivity contribution is 0.0947. The molecule has 2 rings (SSSR count). The molecule has 0 aromatic carbocycles. The minimum Gasteiger partial charge on any atom is -0.474 e. The lowest BCUT2D eigenvalue weighted by Crippen LogP contribution is -2.28. The SMILES string of the molecule is CC(C)NCc1cccc(OC2CCC(C)(C)CC2)n1. The number of ether oxygens (including phenoxy) is 1. The van der Waals surface area contributed by atoms with Crippen LogP contribution in [0, 0.1) is 5.41 Å². The predicted molar refractivity (Wildman–Crippen MR) is 82.9 cm³/mol. The van der Waals surface area contributed by atoms with Crippen LogP contribution in [0.2, 0.25) is 0 Å². The third kappa shape index (κ3) is 4.78. The van der Waals surface area contributed by atoms with Gasteiger partial charge >= 0.3 is 0 Å². The second kappa shape index (κ2) is 6.57. The number of nitrogens with zero attached hydrogens (tertiary/aromatic N) is 1. The third-order valence-electron chi connectivity index (χ3n) is 4.05. The van der Waals surface area contributed by atoms with Crippen LogP contribution in [0.3, 0.4) is 0 Å². The molecule has 1 saturated carbocycles. The Balaban J connectivity index is 1.88. The van der Waals surface area contributed by atoms with Gasteiger partial charge in [0.15, 0.2) is 0 Å². The van der Waals surface area contributed by atoms with Gasteiger partial charge in [-0.15, -0.1) is 0 Å². The number of pyridine rings is 1. The van der Waals surface area contributed by atoms with Gasteiger partial charge < -0.3 is 10.1 Å². The molecule has 1 aliphatic rings. The first-order valence-corrected chi connectivity index (χ1v) is 7.81. The van der Waals surface area contributed by atoms with Crippen LogP contribution in [0.15, 0.2) is 18.2 Å². The summed E-state index contributed by atoms with van der Waals surface area (Å²) in [5.41, 5.74) is 1.53. The molecule has 20 heavy (non-hydrogen) atoms. The van der Waals surface area contributed by atoms with Crippen LogP contribution in [0.4, 0.5) is 0 Å². The summed E-state index contributed by atoms with van der Waals surface area (Å²) in [5, 5.41) is 3.39. The Morgan fingerprint density at radius 3 is 2.65 bits per heavy atom. The zero-order chi connectivity index (χ0) is 14.6. The zero-order valence-electron chi connectivity index (χ0n) is 13.3. The van der Waals surface area contributed by atoms with E-state index < -0.39 is 0 Å². The highest BCUT2D eigenvalue weighted by Gasteiger charge is 2.27. The minimum absolute atomic E-state index is 0.337. The standard InChI is InChI=1S/C17H28N2O/c1-13(2)18-12-14-6-5-7-16(19-14)20-15-8-10-17(3,4)11-9-15/h5-7,13,15,18H,8-12H2,1-4H3. The maximum atomic E-state index is 6.06. The summed E-state index contributed by atoms with van der Waals surface area (Å²) in [5.74, 6) is 0.776. The van der Waals surface area contributed by atoms with Gasteiger partial charge in [-0.25, -0.2) is 4.98 Å². The lowest BCUT2D eigenvalue weighted by atomic mass is 9.76. The van der Waals surface area contributed by atoms with Crippen molar-refractivity contribution < 1.29 is 4.74 Å². The number of aromatic nitrogens is 1. The fourth-order valence-electron chi connectivity index (χ4n) is 2.59. The van der Waals surface area contributed by atoms with Gasteiger partial charge in [0, 0.05) is 18.7 Å². The topological polar surface area (TPSA) is 34.1 Å². The molecule has 0 spiro atoms. The lowest BCUT2D eigenvalue weighted by Gasteiger charge is -2.34. The molecule has 0 bridgehead atoms. The van der Waals surface area contributed by atoms with Crippen LogP contribution in [0.1, 0.15) is 59.1 Å². The normalized spacial score (nSPS) is 19.2. The average Bonchev–Trinajstić information content (AvgIpc) is 2.39. The largest absolute Gasteiger partial charge is 0.474 e. The molecule has 1 aliphatic carbocycles. The van der Waals surface area contributed by atoms with E-state index in [0.717, 1.165) is 31.0 Å². The van der Waals surface area contributed by atoms with Gasteiger partial charge in [0.25, 0.3) is 0 Å². The molecule has 0 saturated heterocycles. The molecule has 0 amide bonds. The zero-order valence-corrected chi connectivity index (χ0v) is 13.3. The number of hydrogen-bond acceptors (Lipinski definition) is 3. The number of rotatable bonds is 5. The van der Waals surface area contributed by atoms with E-state index in [1.807, 2.05) is 18.2 Å². The van der Waals surface area contributed by atoms with Gasteiger partial charge in [0.1, 0.15) is 6.10 Å². The quantitative estimate of drug-likeness (QED) is 0.885. The smallest absolute Gasteiger partial charge is 0.213 e. The van der Waals surface area contributed by atoms with E-state index in [-0.39, 0.29) is 0 Å². The van der Waals surface area contributed by atoms with Crippen molar-refractivity contribution in [3.05, 3.63) is 23.9 Å². The van der Waals surface area contributed by atoms with Crippen LogP contribution in [-0.4, -0.2) is 17.1 Å². The average molecular weight is 276 g/mol. The van der Waals surface area contributed by atoms with E-state index in [1.54, 1.807) is 0 Å². The van der Waals surface area contributed by atoms with Crippen molar-refractivity contribution in [2.24, 2.45) is 5.41 Å². The predicted octanol–water partition coefficient (Wildman–Crippen LogP) is 3.93. The first-order chi connectivity index (χ1) is 9.44. The third-order valence-corrected chi connectivity index (χ3v) is 4.05. The Morgan fingerprint density at radius 1 is 1.30 bits per heavy atom. The molecule has 3 heteroatoms. The summed E-state index contributed by atoms with van der Waals surface area (Å²) in [6.07, 6.45) is 5.11. The maximum Gasteiger partial charge on any atom is 0.213 e. The van der Waals surface area contributed by atoms with Crippen molar-refractivity contribution in [3.63, 3.8) is 0 Å². The first kappa shape index (κ1) is 15.3. The van der Waals surface area contributed by atoms with Crippen molar-refractivity contribution in [1.82, 2.24) is 10.3 Å². The molecule has 0 atom stereocenters. The molecule has 0 radical (unpaired) electrons. The van der Waals surface area contributed by atoms with Crippen LogP contribution in [0.25, 0.3) is 0 Å². The van der Waals surface area contributed by atoms with Gasteiger partial charge in [0.2, 0.25) is 5.88 Å². The van der Waals surface area contributed by atoms with E-state index in [0.29, 0.717) is 17.6 Å². The first-order valence-electron chi connectivity index (χ1n) is 7.81. The monoisotopic (exact) mass is 276 g/mol. The highest BCUT2D eigenvalue weighted by atomic mass is 16.5. The second-order valence-corrected chi connectivity index (χ2v) is 6.98. The van der Waals surface area contributed by atoms with E-state index in [2.05, 4.69) is 38.0 Å². The number of nitrogens with one attached hydrogen (secondary N) is 1. The van der Waals surface area contributed by atoms with Crippen molar-refractivity contribution in [2.45, 2.75) is 72.1 Å². The molecule has 0 unspecified atom stereocenters. The van der Waals surface area contributed by atoms with Crippen molar-refractivity contribution in [3.8, 4) is 5.88 Å². The fraction of sp³-hybridized carbons (Fsp3) is 0.706. The summed E-state index contributed by atoms with van der Waals surface area (Å²) < 4.78 is 6.06. The summed E-state index contributed by atoms with van der Waals surface area (Å²) in [4.78, 5) is 4.59. The van der Waals surface area contributed by atoms with E-state index >= 15 is 0 Å². The summed E-state index contributed by atoms with van der Waals surface area (Å²) >= 11 is 0. The van der Waals surface area contributed by atoms with Gasteiger partial charge in [-0.05, 0) is 37.2 Å². The fourth-order valence-corrected chi connectivity index (χ4v) is 2.59. The molecule has 3 nitrogen and oxygen atoms in total. The molecule has 1 aromatic heterocycles.